The Balaban J connectivity index is 1.50. The van der Waals surface area contributed by atoms with Gasteiger partial charge in [0.25, 0.3) is 5.89 Å². The summed E-state index contributed by atoms with van der Waals surface area (Å²) in [6.07, 6.45) is 3.81. The fraction of sp³-hybridized carbons (Fsp3) is 0.333. The summed E-state index contributed by atoms with van der Waals surface area (Å²) in [6.45, 7) is 0.188. The van der Waals surface area contributed by atoms with Crippen molar-refractivity contribution in [1.29, 1.82) is 0 Å². The Morgan fingerprint density at radius 2 is 2.21 bits per heavy atom. The number of aliphatic hydroxyl groups excluding tert-OH is 1. The fourth-order valence-electron chi connectivity index (χ4n) is 3.66. The summed E-state index contributed by atoms with van der Waals surface area (Å²) < 4.78 is 10.2. The minimum absolute atomic E-state index is 0.000369. The van der Waals surface area contributed by atoms with E-state index < -0.39 is 0 Å². The van der Waals surface area contributed by atoms with Gasteiger partial charge in [-0.1, -0.05) is 17.3 Å². The lowest BCUT2D eigenvalue weighted by Crippen LogP contribution is -2.08. The van der Waals surface area contributed by atoms with Crippen molar-refractivity contribution < 1.29 is 19.2 Å². The van der Waals surface area contributed by atoms with Gasteiger partial charge >= 0.3 is 0 Å². The zero-order valence-corrected chi connectivity index (χ0v) is 15.6. The minimum Gasteiger partial charge on any atom is -0.392 e. The number of rotatable bonds is 7. The number of carbonyl (C=O) groups excluding carboxylic acids is 1. The number of aliphatic hydroxyl groups is 1. The molecule has 1 aliphatic rings. The number of ether oxygens (including phenoxy) is 1. The van der Waals surface area contributed by atoms with Crippen LogP contribution in [0.25, 0.3) is 11.4 Å². The zero-order chi connectivity index (χ0) is 19.5. The molecule has 0 fully saturated rings. The lowest BCUT2D eigenvalue weighted by molar-refractivity contribution is 0.0968. The summed E-state index contributed by atoms with van der Waals surface area (Å²) in [6, 6.07) is 9.47. The minimum atomic E-state index is -0.0972. The van der Waals surface area contributed by atoms with Crippen LogP contribution in [0.2, 0.25) is 0 Å². The molecule has 1 atom stereocenters. The van der Waals surface area contributed by atoms with Gasteiger partial charge in [-0.15, -0.1) is 0 Å². The van der Waals surface area contributed by atoms with E-state index in [1.807, 2.05) is 6.07 Å². The molecule has 0 radical (unpaired) electrons. The van der Waals surface area contributed by atoms with Gasteiger partial charge in [-0.2, -0.15) is 4.98 Å². The highest BCUT2D eigenvalue weighted by Gasteiger charge is 2.26. The van der Waals surface area contributed by atoms with E-state index >= 15 is 0 Å². The van der Waals surface area contributed by atoms with Crippen molar-refractivity contribution >= 4 is 5.78 Å². The van der Waals surface area contributed by atoms with Gasteiger partial charge in [0.2, 0.25) is 5.82 Å². The average Bonchev–Trinajstić information content (AvgIpc) is 3.35. The van der Waals surface area contributed by atoms with Crippen LogP contribution in [0.3, 0.4) is 0 Å². The van der Waals surface area contributed by atoms with Crippen LogP contribution in [-0.4, -0.2) is 33.1 Å². The third kappa shape index (κ3) is 3.72. The molecule has 0 unspecified atom stereocenters. The number of hydrogen-bond donors (Lipinski definition) is 1. The van der Waals surface area contributed by atoms with E-state index in [1.54, 1.807) is 25.4 Å². The Bertz CT molecular complexity index is 999. The van der Waals surface area contributed by atoms with E-state index in [0.717, 1.165) is 18.4 Å². The molecular weight excluding hydrogens is 358 g/mol. The molecule has 0 amide bonds. The highest BCUT2D eigenvalue weighted by Crippen LogP contribution is 2.38. The topological polar surface area (TPSA) is 98.3 Å². The van der Waals surface area contributed by atoms with Gasteiger partial charge in [0, 0.05) is 25.3 Å². The molecule has 2 aromatic heterocycles. The van der Waals surface area contributed by atoms with Gasteiger partial charge in [0.05, 0.1) is 6.61 Å². The number of nitrogens with zero attached hydrogens (tertiary/aromatic N) is 3. The molecule has 7 heteroatoms. The number of pyridine rings is 1. The number of fused-ring (bicyclic) bond motifs is 1. The van der Waals surface area contributed by atoms with Gasteiger partial charge in [0.15, 0.2) is 5.78 Å². The van der Waals surface area contributed by atoms with Crippen LogP contribution in [0.4, 0.5) is 0 Å². The van der Waals surface area contributed by atoms with Crippen molar-refractivity contribution in [2.45, 2.75) is 38.4 Å². The summed E-state index contributed by atoms with van der Waals surface area (Å²) in [5.41, 5.74) is 4.41. The van der Waals surface area contributed by atoms with E-state index in [-0.39, 0.29) is 24.9 Å². The first-order chi connectivity index (χ1) is 13.7. The SMILES string of the molecule is COCc1nc(-c2ccc3c(c2)CC[C@H]3CC(=O)c2cc(CO)ccn2)no1. The lowest BCUT2D eigenvalue weighted by atomic mass is 9.93. The third-order valence-corrected chi connectivity index (χ3v) is 5.06. The predicted octanol–water partition coefficient (Wildman–Crippen LogP) is 3.07. The first kappa shape index (κ1) is 18.5. The van der Waals surface area contributed by atoms with Crippen molar-refractivity contribution in [3.05, 3.63) is 64.8 Å². The van der Waals surface area contributed by atoms with Gasteiger partial charge in [-0.3, -0.25) is 9.78 Å². The molecule has 0 spiro atoms. The van der Waals surface area contributed by atoms with Crippen LogP contribution in [0, 0.1) is 0 Å². The summed E-state index contributed by atoms with van der Waals surface area (Å²) >= 11 is 0. The predicted molar refractivity (Wildman–Crippen MR) is 101 cm³/mol. The Labute approximate surface area is 162 Å². The van der Waals surface area contributed by atoms with E-state index in [4.69, 9.17) is 9.26 Å². The summed E-state index contributed by atoms with van der Waals surface area (Å²) in [5.74, 6) is 1.16. The number of aryl methyl sites for hydroxylation is 1. The quantitative estimate of drug-likeness (QED) is 0.630. The van der Waals surface area contributed by atoms with Crippen molar-refractivity contribution in [3.63, 3.8) is 0 Å². The fourth-order valence-corrected chi connectivity index (χ4v) is 3.66. The van der Waals surface area contributed by atoms with Crippen molar-refractivity contribution in [1.82, 2.24) is 15.1 Å². The Morgan fingerprint density at radius 1 is 1.32 bits per heavy atom. The number of hydrogen-bond acceptors (Lipinski definition) is 7. The van der Waals surface area contributed by atoms with Crippen LogP contribution < -0.4 is 0 Å². The highest BCUT2D eigenvalue weighted by molar-refractivity contribution is 5.95. The number of aromatic nitrogens is 3. The third-order valence-electron chi connectivity index (χ3n) is 5.06. The molecule has 3 aromatic rings. The van der Waals surface area contributed by atoms with Crippen LogP contribution in [0.15, 0.2) is 41.1 Å². The number of benzene rings is 1. The van der Waals surface area contributed by atoms with Crippen LogP contribution in [-0.2, 0) is 24.4 Å². The molecule has 0 saturated heterocycles. The molecule has 2 heterocycles. The van der Waals surface area contributed by atoms with E-state index in [1.165, 1.54) is 11.1 Å². The Hall–Kier alpha value is -2.90. The lowest BCUT2D eigenvalue weighted by Gasteiger charge is -2.11. The molecule has 28 heavy (non-hydrogen) atoms. The second kappa shape index (κ2) is 8.00. The second-order valence-electron chi connectivity index (χ2n) is 6.93. The van der Waals surface area contributed by atoms with E-state index in [0.29, 0.717) is 29.4 Å². The second-order valence-corrected chi connectivity index (χ2v) is 6.93. The monoisotopic (exact) mass is 379 g/mol. The molecule has 4 rings (SSSR count). The smallest absolute Gasteiger partial charge is 0.252 e. The molecule has 0 bridgehead atoms. The average molecular weight is 379 g/mol. The number of Topliss-reactive ketones (excluding diaryl/α,β-unsaturated/α-hetero) is 1. The standard InChI is InChI=1S/C21H21N3O4/c1-27-12-20-23-21(24-28-20)16-4-5-17-14(9-16)2-3-15(17)10-19(26)18-8-13(11-25)6-7-22-18/h4-9,15,25H,2-3,10-12H2,1H3/t15-/m0/s1. The van der Waals surface area contributed by atoms with Gasteiger partial charge in [-0.05, 0) is 53.6 Å². The van der Waals surface area contributed by atoms with Crippen LogP contribution in [0.1, 0.15) is 51.8 Å². The maximum atomic E-state index is 12.6. The van der Waals surface area contributed by atoms with Crippen LogP contribution in [0.5, 0.6) is 0 Å². The number of methoxy groups -OCH3 is 1. The van der Waals surface area contributed by atoms with Crippen LogP contribution >= 0.6 is 0 Å². The van der Waals surface area contributed by atoms with E-state index in [9.17, 15) is 9.90 Å². The van der Waals surface area contributed by atoms with Crippen molar-refractivity contribution in [3.8, 4) is 11.4 Å². The first-order valence-electron chi connectivity index (χ1n) is 9.21. The maximum absolute atomic E-state index is 12.6. The molecule has 1 aromatic carbocycles. The molecule has 144 valence electrons. The zero-order valence-electron chi connectivity index (χ0n) is 15.6. The van der Waals surface area contributed by atoms with E-state index in [2.05, 4.69) is 27.3 Å². The molecule has 1 N–H and O–H groups in total. The molecule has 1 aliphatic carbocycles. The largest absolute Gasteiger partial charge is 0.392 e. The number of ketones is 1. The van der Waals surface area contributed by atoms with Gasteiger partial charge in [-0.25, -0.2) is 0 Å². The van der Waals surface area contributed by atoms with Crippen molar-refractivity contribution in [2.75, 3.05) is 7.11 Å². The highest BCUT2D eigenvalue weighted by atomic mass is 16.5. The molecule has 0 saturated carbocycles. The Morgan fingerprint density at radius 3 is 3.04 bits per heavy atom. The first-order valence-corrected chi connectivity index (χ1v) is 9.21. The molecule has 7 nitrogen and oxygen atoms in total. The van der Waals surface area contributed by atoms with Crippen molar-refractivity contribution in [2.24, 2.45) is 0 Å². The molecular formula is C21H21N3O4. The maximum Gasteiger partial charge on any atom is 0.252 e. The summed E-state index contributed by atoms with van der Waals surface area (Å²) in [5, 5.41) is 13.3. The van der Waals surface area contributed by atoms with Gasteiger partial charge in [0.1, 0.15) is 12.3 Å². The van der Waals surface area contributed by atoms with Gasteiger partial charge < -0.3 is 14.4 Å². The Kier molecular flexibility index (Phi) is 5.27. The number of carbonyl (C=O) groups is 1. The summed E-state index contributed by atoms with van der Waals surface area (Å²) in [4.78, 5) is 21.1. The normalized spacial score (nSPS) is 15.6. The summed E-state index contributed by atoms with van der Waals surface area (Å²) in [7, 11) is 1.58. The molecule has 0 aliphatic heterocycles.